The molecule has 0 saturated heterocycles. The molecule has 2 saturated carbocycles. The molecule has 3 heteroatoms. The Morgan fingerprint density at radius 3 is 2.44 bits per heavy atom. The van der Waals surface area contributed by atoms with Gasteiger partial charge in [-0.1, -0.05) is 6.92 Å². The first-order chi connectivity index (χ1) is 8.55. The summed E-state index contributed by atoms with van der Waals surface area (Å²) < 4.78 is 10.8. The first-order valence-electron chi connectivity index (χ1n) is 7.27. The van der Waals surface area contributed by atoms with E-state index in [1.165, 1.54) is 32.1 Å². The quantitative estimate of drug-likeness (QED) is 0.682. The van der Waals surface area contributed by atoms with E-state index in [1.54, 1.807) is 0 Å². The Kier molecular flexibility index (Phi) is 4.00. The molecule has 2 aliphatic rings. The summed E-state index contributed by atoms with van der Waals surface area (Å²) in [4.78, 5) is 11.6. The average Bonchev–Trinajstić information content (AvgIpc) is 2.93. The van der Waals surface area contributed by atoms with Crippen molar-refractivity contribution in [3.05, 3.63) is 0 Å². The summed E-state index contributed by atoms with van der Waals surface area (Å²) in [5, 5.41) is 0. The molecule has 0 aromatic carbocycles. The van der Waals surface area contributed by atoms with Crippen LogP contribution in [0.1, 0.15) is 58.8 Å². The van der Waals surface area contributed by atoms with Crippen LogP contribution in [0.25, 0.3) is 0 Å². The molecule has 0 spiro atoms. The van der Waals surface area contributed by atoms with E-state index in [1.807, 2.05) is 21.0 Å². The molecular weight excluding hydrogens is 228 g/mol. The lowest BCUT2D eigenvalue weighted by Crippen LogP contribution is -2.24. The third-order valence-electron chi connectivity index (χ3n) is 5.15. The number of carbonyl (C=O) groups is 1. The van der Waals surface area contributed by atoms with Gasteiger partial charge in [0.25, 0.3) is 0 Å². The molecule has 0 amide bonds. The Morgan fingerprint density at radius 1 is 1.28 bits per heavy atom. The second-order valence-corrected chi connectivity index (χ2v) is 6.26. The molecule has 2 bridgehead atoms. The number of rotatable bonds is 6. The van der Waals surface area contributed by atoms with Crippen molar-refractivity contribution < 1.29 is 14.3 Å². The van der Waals surface area contributed by atoms with E-state index < -0.39 is 0 Å². The van der Waals surface area contributed by atoms with Crippen LogP contribution in [0.4, 0.5) is 0 Å². The summed E-state index contributed by atoms with van der Waals surface area (Å²) in [5.74, 6) is 0.000341. The molecule has 0 heterocycles. The summed E-state index contributed by atoms with van der Waals surface area (Å²) in [6.45, 7) is 4.34. The fourth-order valence-electron chi connectivity index (χ4n) is 3.81. The average molecular weight is 254 g/mol. The van der Waals surface area contributed by atoms with E-state index >= 15 is 0 Å². The van der Waals surface area contributed by atoms with E-state index in [2.05, 4.69) is 0 Å². The molecule has 2 fully saturated rings. The number of carbonyl (C=O) groups excluding carboxylic acids is 1. The topological polar surface area (TPSA) is 35.5 Å². The van der Waals surface area contributed by atoms with Crippen molar-refractivity contribution in [2.75, 3.05) is 13.7 Å². The summed E-state index contributed by atoms with van der Waals surface area (Å²) in [6.07, 6.45) is 8.27. The first kappa shape index (κ1) is 13.9. The molecule has 1 unspecified atom stereocenters. The highest BCUT2D eigenvalue weighted by Gasteiger charge is 2.54. The summed E-state index contributed by atoms with van der Waals surface area (Å²) in [6, 6.07) is 0. The fraction of sp³-hybridized carbons (Fsp3) is 0.933. The minimum Gasteiger partial charge on any atom is -0.466 e. The zero-order valence-electron chi connectivity index (χ0n) is 12.0. The molecule has 0 aromatic heterocycles. The normalized spacial score (nSPS) is 35.7. The van der Waals surface area contributed by atoms with Crippen molar-refractivity contribution in [1.29, 1.82) is 0 Å². The highest BCUT2D eigenvalue weighted by Crippen LogP contribution is 2.60. The number of hydrogen-bond acceptors (Lipinski definition) is 3. The molecule has 18 heavy (non-hydrogen) atoms. The van der Waals surface area contributed by atoms with Crippen molar-refractivity contribution in [3.8, 4) is 0 Å². The molecule has 0 radical (unpaired) electrons. The molecule has 1 atom stereocenters. The van der Waals surface area contributed by atoms with Gasteiger partial charge < -0.3 is 9.47 Å². The van der Waals surface area contributed by atoms with Gasteiger partial charge in [0.15, 0.2) is 0 Å². The van der Waals surface area contributed by atoms with Crippen LogP contribution in [0.5, 0.6) is 0 Å². The monoisotopic (exact) mass is 254 g/mol. The van der Waals surface area contributed by atoms with E-state index in [9.17, 15) is 4.79 Å². The van der Waals surface area contributed by atoms with Crippen LogP contribution in [0, 0.1) is 11.3 Å². The predicted molar refractivity (Wildman–Crippen MR) is 70.3 cm³/mol. The minimum atomic E-state index is -0.0390. The van der Waals surface area contributed by atoms with Gasteiger partial charge in [0.2, 0.25) is 0 Å². The molecular formula is C15H26O3. The van der Waals surface area contributed by atoms with Crippen LogP contribution in [0.2, 0.25) is 0 Å². The van der Waals surface area contributed by atoms with Gasteiger partial charge in [-0.05, 0) is 57.3 Å². The molecule has 0 aliphatic heterocycles. The van der Waals surface area contributed by atoms with E-state index in [4.69, 9.17) is 9.47 Å². The Bertz CT molecular complexity index is 303. The number of ether oxygens (including phenoxy) is 2. The van der Waals surface area contributed by atoms with Gasteiger partial charge in [-0.3, -0.25) is 4.79 Å². The van der Waals surface area contributed by atoms with E-state index in [-0.39, 0.29) is 17.5 Å². The van der Waals surface area contributed by atoms with Gasteiger partial charge in [0, 0.05) is 7.11 Å². The first-order valence-corrected chi connectivity index (χ1v) is 7.27. The van der Waals surface area contributed by atoms with Crippen molar-refractivity contribution in [3.63, 3.8) is 0 Å². The Labute approximate surface area is 110 Å². The Morgan fingerprint density at radius 2 is 1.94 bits per heavy atom. The van der Waals surface area contributed by atoms with E-state index in [0.717, 1.165) is 12.8 Å². The molecule has 2 aliphatic carbocycles. The fourth-order valence-corrected chi connectivity index (χ4v) is 3.81. The maximum Gasteiger partial charge on any atom is 0.308 e. The Hall–Kier alpha value is -0.570. The summed E-state index contributed by atoms with van der Waals surface area (Å²) in [7, 11) is 1.85. The van der Waals surface area contributed by atoms with Crippen LogP contribution in [0.3, 0.4) is 0 Å². The number of fused-ring (bicyclic) bond motifs is 2. The van der Waals surface area contributed by atoms with Crippen LogP contribution >= 0.6 is 0 Å². The zero-order chi connectivity index (χ0) is 13.2. The smallest absolute Gasteiger partial charge is 0.308 e. The van der Waals surface area contributed by atoms with Crippen LogP contribution in [-0.4, -0.2) is 25.3 Å². The van der Waals surface area contributed by atoms with Crippen LogP contribution in [-0.2, 0) is 14.3 Å². The zero-order valence-corrected chi connectivity index (χ0v) is 12.0. The predicted octanol–water partition coefficient (Wildman–Crippen LogP) is 3.32. The van der Waals surface area contributed by atoms with E-state index in [0.29, 0.717) is 12.0 Å². The Balaban J connectivity index is 1.83. The van der Waals surface area contributed by atoms with Gasteiger partial charge in [-0.25, -0.2) is 0 Å². The largest absolute Gasteiger partial charge is 0.466 e. The van der Waals surface area contributed by atoms with Crippen molar-refractivity contribution in [2.45, 2.75) is 64.4 Å². The second-order valence-electron chi connectivity index (χ2n) is 6.26. The van der Waals surface area contributed by atoms with Gasteiger partial charge in [0.1, 0.15) is 0 Å². The SMILES string of the molecule is CCOC(=O)C(C)CCC12CCC(OC)(CC1)C2. The van der Waals surface area contributed by atoms with Crippen LogP contribution < -0.4 is 0 Å². The highest BCUT2D eigenvalue weighted by atomic mass is 16.5. The van der Waals surface area contributed by atoms with Gasteiger partial charge in [0.05, 0.1) is 18.1 Å². The molecule has 0 N–H and O–H groups in total. The van der Waals surface area contributed by atoms with Crippen molar-refractivity contribution in [2.24, 2.45) is 11.3 Å². The molecule has 2 rings (SSSR count). The van der Waals surface area contributed by atoms with Gasteiger partial charge >= 0.3 is 5.97 Å². The maximum atomic E-state index is 11.6. The summed E-state index contributed by atoms with van der Waals surface area (Å²) >= 11 is 0. The third-order valence-corrected chi connectivity index (χ3v) is 5.15. The highest BCUT2D eigenvalue weighted by molar-refractivity contribution is 5.71. The van der Waals surface area contributed by atoms with Crippen molar-refractivity contribution >= 4 is 5.97 Å². The molecule has 104 valence electrons. The van der Waals surface area contributed by atoms with Gasteiger partial charge in [-0.2, -0.15) is 0 Å². The minimum absolute atomic E-state index is 0.0390. The molecule has 3 nitrogen and oxygen atoms in total. The number of methoxy groups -OCH3 is 1. The number of hydrogen-bond donors (Lipinski definition) is 0. The number of esters is 1. The van der Waals surface area contributed by atoms with Crippen molar-refractivity contribution in [1.82, 2.24) is 0 Å². The second kappa shape index (κ2) is 5.20. The third kappa shape index (κ3) is 2.56. The lowest BCUT2D eigenvalue weighted by Gasteiger charge is -2.27. The standard InChI is InChI=1S/C15H26O3/c1-4-18-13(16)12(2)5-6-14-7-9-15(11-14,17-3)10-8-14/h12H,4-11H2,1-3H3. The summed E-state index contributed by atoms with van der Waals surface area (Å²) in [5.41, 5.74) is 0.629. The van der Waals surface area contributed by atoms with Gasteiger partial charge in [-0.15, -0.1) is 0 Å². The van der Waals surface area contributed by atoms with Crippen LogP contribution in [0.15, 0.2) is 0 Å². The lowest BCUT2D eigenvalue weighted by molar-refractivity contribution is -0.147. The molecule has 0 aromatic rings. The lowest BCUT2D eigenvalue weighted by atomic mass is 9.78. The maximum absolute atomic E-state index is 11.6.